The van der Waals surface area contributed by atoms with E-state index in [4.69, 9.17) is 4.74 Å². The van der Waals surface area contributed by atoms with Gasteiger partial charge in [-0.2, -0.15) is 5.21 Å². The number of aromatic amines is 1. The third-order valence-corrected chi connectivity index (χ3v) is 3.18. The van der Waals surface area contributed by atoms with Gasteiger partial charge in [-0.3, -0.25) is 4.79 Å². The highest BCUT2D eigenvalue weighted by molar-refractivity contribution is 7.09. The maximum Gasteiger partial charge on any atom is 0.295 e. The minimum atomic E-state index is -0.255. The van der Waals surface area contributed by atoms with Crippen molar-refractivity contribution in [3.63, 3.8) is 0 Å². The van der Waals surface area contributed by atoms with E-state index in [1.807, 2.05) is 17.5 Å². The molecule has 96 valence electrons. The molecule has 0 bridgehead atoms. The number of amides is 1. The van der Waals surface area contributed by atoms with E-state index in [-0.39, 0.29) is 11.7 Å². The minimum absolute atomic E-state index is 0.0719. The summed E-state index contributed by atoms with van der Waals surface area (Å²) in [6, 6.07) is 3.93. The Hall–Kier alpha value is -1.80. The van der Waals surface area contributed by atoms with Crippen molar-refractivity contribution < 1.29 is 9.53 Å². The van der Waals surface area contributed by atoms with Gasteiger partial charge in [0, 0.05) is 18.5 Å². The van der Waals surface area contributed by atoms with Crippen LogP contribution in [0.3, 0.4) is 0 Å². The molecule has 18 heavy (non-hydrogen) atoms. The highest BCUT2D eigenvalue weighted by atomic mass is 32.1. The third kappa shape index (κ3) is 3.11. The van der Waals surface area contributed by atoms with E-state index in [2.05, 4.69) is 20.6 Å². The lowest BCUT2D eigenvalue weighted by Crippen LogP contribution is -2.34. The van der Waals surface area contributed by atoms with Crippen LogP contribution in [0.5, 0.6) is 0 Å². The molecule has 0 spiro atoms. The Labute approximate surface area is 108 Å². The van der Waals surface area contributed by atoms with Crippen LogP contribution in [0, 0.1) is 0 Å². The second kappa shape index (κ2) is 6.22. The number of carbonyl (C=O) groups is 1. The molecule has 0 saturated carbocycles. The van der Waals surface area contributed by atoms with Gasteiger partial charge in [0.15, 0.2) is 0 Å². The van der Waals surface area contributed by atoms with Crippen molar-refractivity contribution >= 4 is 17.2 Å². The molecule has 0 atom stereocenters. The number of ether oxygens (including phenoxy) is 1. The van der Waals surface area contributed by atoms with Crippen molar-refractivity contribution in [2.75, 3.05) is 20.3 Å². The van der Waals surface area contributed by atoms with E-state index in [9.17, 15) is 4.79 Å². The van der Waals surface area contributed by atoms with E-state index in [1.165, 1.54) is 0 Å². The fourth-order valence-corrected chi connectivity index (χ4v) is 2.16. The average molecular weight is 267 g/mol. The first-order chi connectivity index (χ1) is 8.81. The van der Waals surface area contributed by atoms with E-state index in [0.717, 1.165) is 4.88 Å². The number of nitrogens with one attached hydrogen (secondary N) is 1. The number of nitrogens with zero attached hydrogens (tertiary/aromatic N) is 4. The Balaban J connectivity index is 2.07. The summed E-state index contributed by atoms with van der Waals surface area (Å²) in [6.07, 6.45) is 0. The lowest BCUT2D eigenvalue weighted by Gasteiger charge is -2.19. The highest BCUT2D eigenvalue weighted by Gasteiger charge is 2.20. The molecule has 2 rings (SSSR count). The second-order valence-corrected chi connectivity index (χ2v) is 4.57. The quantitative estimate of drug-likeness (QED) is 0.826. The van der Waals surface area contributed by atoms with Gasteiger partial charge in [0.05, 0.1) is 13.2 Å². The summed E-state index contributed by atoms with van der Waals surface area (Å²) in [5.74, 6) is -0.183. The maximum absolute atomic E-state index is 12.1. The Morgan fingerprint density at radius 1 is 1.61 bits per heavy atom. The first-order valence-corrected chi connectivity index (χ1v) is 6.23. The number of hydrogen-bond donors (Lipinski definition) is 1. The van der Waals surface area contributed by atoms with Crippen LogP contribution in [0.25, 0.3) is 0 Å². The summed E-state index contributed by atoms with van der Waals surface area (Å²) in [4.78, 5) is 14.9. The van der Waals surface area contributed by atoms with Crippen molar-refractivity contribution in [3.8, 4) is 0 Å². The molecule has 0 aliphatic heterocycles. The van der Waals surface area contributed by atoms with E-state index in [1.54, 1.807) is 23.3 Å². The maximum atomic E-state index is 12.1. The van der Waals surface area contributed by atoms with Crippen molar-refractivity contribution in [1.29, 1.82) is 0 Å². The lowest BCUT2D eigenvalue weighted by molar-refractivity contribution is 0.0670. The second-order valence-electron chi connectivity index (χ2n) is 3.53. The van der Waals surface area contributed by atoms with Gasteiger partial charge in [0.25, 0.3) is 11.7 Å². The zero-order valence-corrected chi connectivity index (χ0v) is 10.7. The van der Waals surface area contributed by atoms with E-state index >= 15 is 0 Å². The topological polar surface area (TPSA) is 84.0 Å². The Bertz CT molecular complexity index is 470. The van der Waals surface area contributed by atoms with Crippen LogP contribution >= 0.6 is 11.3 Å². The first-order valence-electron chi connectivity index (χ1n) is 5.35. The number of thiophene rings is 1. The van der Waals surface area contributed by atoms with Crippen LogP contribution in [-0.2, 0) is 11.3 Å². The number of carbonyl (C=O) groups excluding carboxylic acids is 1. The SMILES string of the molecule is COCCN(Cc1cccs1)C(=O)c1nn[nH]n1. The molecule has 1 N–H and O–H groups in total. The van der Waals surface area contributed by atoms with Crippen LogP contribution in [0.2, 0.25) is 0 Å². The smallest absolute Gasteiger partial charge is 0.295 e. The molecule has 0 fully saturated rings. The van der Waals surface area contributed by atoms with Gasteiger partial charge in [-0.1, -0.05) is 6.07 Å². The number of tetrazole rings is 1. The van der Waals surface area contributed by atoms with Crippen molar-refractivity contribution in [2.24, 2.45) is 0 Å². The van der Waals surface area contributed by atoms with Crippen LogP contribution in [0.1, 0.15) is 15.5 Å². The Morgan fingerprint density at radius 2 is 2.50 bits per heavy atom. The zero-order chi connectivity index (χ0) is 12.8. The molecule has 0 unspecified atom stereocenters. The molecule has 0 aliphatic rings. The molecule has 8 heteroatoms. The van der Waals surface area contributed by atoms with Crippen LogP contribution < -0.4 is 0 Å². The molecule has 0 saturated heterocycles. The minimum Gasteiger partial charge on any atom is -0.383 e. The Kier molecular flexibility index (Phi) is 4.37. The summed E-state index contributed by atoms with van der Waals surface area (Å²) in [6.45, 7) is 1.48. The van der Waals surface area contributed by atoms with Gasteiger partial charge in [-0.15, -0.1) is 21.5 Å². The van der Waals surface area contributed by atoms with Gasteiger partial charge in [0.1, 0.15) is 0 Å². The lowest BCUT2D eigenvalue weighted by atomic mass is 10.3. The standard InChI is InChI=1S/C10H13N5O2S/c1-17-5-4-15(7-8-3-2-6-18-8)10(16)9-11-13-14-12-9/h2-3,6H,4-5,7H2,1H3,(H,11,12,13,14). The van der Waals surface area contributed by atoms with Crippen molar-refractivity contribution in [3.05, 3.63) is 28.2 Å². The monoisotopic (exact) mass is 267 g/mol. The normalized spacial score (nSPS) is 10.5. The summed E-state index contributed by atoms with van der Waals surface area (Å²) >= 11 is 1.60. The molecule has 0 aromatic carbocycles. The summed E-state index contributed by atoms with van der Waals surface area (Å²) < 4.78 is 5.00. The van der Waals surface area contributed by atoms with E-state index < -0.39 is 0 Å². The fraction of sp³-hybridized carbons (Fsp3) is 0.400. The van der Waals surface area contributed by atoms with Crippen LogP contribution in [0.15, 0.2) is 17.5 Å². The summed E-state index contributed by atoms with van der Waals surface area (Å²) in [7, 11) is 1.60. The number of hydrogen-bond acceptors (Lipinski definition) is 6. The predicted octanol–water partition coefficient (Wildman–Crippen LogP) is 0.550. The largest absolute Gasteiger partial charge is 0.383 e. The molecule has 0 aliphatic carbocycles. The van der Waals surface area contributed by atoms with Crippen molar-refractivity contribution in [1.82, 2.24) is 25.5 Å². The molecule has 2 aromatic heterocycles. The number of rotatable bonds is 6. The molecule has 2 aromatic rings. The van der Waals surface area contributed by atoms with Crippen LogP contribution in [0.4, 0.5) is 0 Å². The molecule has 2 heterocycles. The predicted molar refractivity (Wildman–Crippen MR) is 65.1 cm³/mol. The van der Waals surface area contributed by atoms with Crippen molar-refractivity contribution in [2.45, 2.75) is 6.54 Å². The number of aromatic nitrogens is 4. The zero-order valence-electron chi connectivity index (χ0n) is 9.87. The van der Waals surface area contributed by atoms with E-state index in [0.29, 0.717) is 19.7 Å². The van der Waals surface area contributed by atoms with Gasteiger partial charge < -0.3 is 9.64 Å². The highest BCUT2D eigenvalue weighted by Crippen LogP contribution is 2.13. The first kappa shape index (κ1) is 12.7. The van der Waals surface area contributed by atoms with Gasteiger partial charge in [0.2, 0.25) is 0 Å². The van der Waals surface area contributed by atoms with Crippen LogP contribution in [-0.4, -0.2) is 51.7 Å². The molecular weight excluding hydrogens is 254 g/mol. The molecule has 1 amide bonds. The summed E-state index contributed by atoms with van der Waals surface area (Å²) in [5.41, 5.74) is 0. The number of H-pyrrole nitrogens is 1. The van der Waals surface area contributed by atoms with Gasteiger partial charge in [-0.25, -0.2) is 0 Å². The Morgan fingerprint density at radius 3 is 3.11 bits per heavy atom. The molecular formula is C10H13N5O2S. The third-order valence-electron chi connectivity index (χ3n) is 2.32. The van der Waals surface area contributed by atoms with Gasteiger partial charge in [-0.05, 0) is 16.7 Å². The molecule has 0 radical (unpaired) electrons. The molecule has 7 nitrogen and oxygen atoms in total. The average Bonchev–Trinajstić information content (AvgIpc) is 3.06. The van der Waals surface area contributed by atoms with Gasteiger partial charge >= 0.3 is 0 Å². The summed E-state index contributed by atoms with van der Waals surface area (Å²) in [5, 5.41) is 15.0. The number of methoxy groups -OCH3 is 1. The fourth-order valence-electron chi connectivity index (χ4n) is 1.44.